The molecule has 1 atom stereocenters. The van der Waals surface area contributed by atoms with Crippen LogP contribution in [0.4, 0.5) is 0 Å². The Kier molecular flexibility index (Phi) is 4.86. The van der Waals surface area contributed by atoms with E-state index in [2.05, 4.69) is 41.8 Å². The number of aromatic nitrogens is 3. The lowest BCUT2D eigenvalue weighted by Gasteiger charge is -2.13. The predicted octanol–water partition coefficient (Wildman–Crippen LogP) is 3.06. The Morgan fingerprint density at radius 3 is 2.67 bits per heavy atom. The van der Waals surface area contributed by atoms with Crippen molar-refractivity contribution in [3.8, 4) is 0 Å². The minimum Gasteiger partial charge on any atom is -0.304 e. The van der Waals surface area contributed by atoms with E-state index < -0.39 is 0 Å². The molecule has 0 bridgehead atoms. The number of hydrogen-bond donors (Lipinski definition) is 1. The fraction of sp³-hybridized carbons (Fsp3) is 0.800. The molecule has 0 saturated carbocycles. The Hall–Kier alpha value is -0.290. The molecule has 15 heavy (non-hydrogen) atoms. The van der Waals surface area contributed by atoms with Crippen molar-refractivity contribution in [1.29, 1.82) is 0 Å². The van der Waals surface area contributed by atoms with E-state index in [9.17, 15) is 0 Å². The molecular weight excluding hydrogens is 226 g/mol. The van der Waals surface area contributed by atoms with Crippen LogP contribution in [0.25, 0.3) is 0 Å². The molecule has 0 aliphatic heterocycles. The van der Waals surface area contributed by atoms with E-state index in [1.54, 1.807) is 0 Å². The van der Waals surface area contributed by atoms with Crippen LogP contribution in [-0.4, -0.2) is 26.8 Å². The topological polar surface area (TPSA) is 33.6 Å². The smallest absolute Gasteiger partial charge is 0.195 e. The summed E-state index contributed by atoms with van der Waals surface area (Å²) in [6.45, 7) is 7.49. The monoisotopic (exact) mass is 245 g/mol. The van der Waals surface area contributed by atoms with Crippen LogP contribution in [-0.2, 0) is 6.54 Å². The molecule has 0 aromatic carbocycles. The Morgan fingerprint density at radius 1 is 1.47 bits per heavy atom. The van der Waals surface area contributed by atoms with Crippen molar-refractivity contribution in [1.82, 2.24) is 14.8 Å². The van der Waals surface area contributed by atoms with E-state index in [0.717, 1.165) is 22.9 Å². The van der Waals surface area contributed by atoms with Gasteiger partial charge in [-0.15, -0.1) is 0 Å². The zero-order valence-electron chi connectivity index (χ0n) is 9.78. The molecule has 1 rings (SSSR count). The number of nitrogens with one attached hydrogen (secondary N) is 1. The predicted molar refractivity (Wildman–Crippen MR) is 69.0 cm³/mol. The molecule has 0 amide bonds. The summed E-state index contributed by atoms with van der Waals surface area (Å²) in [5.74, 6) is 3.26. The highest BCUT2D eigenvalue weighted by Gasteiger charge is 2.12. The third-order valence-electron chi connectivity index (χ3n) is 2.25. The second-order valence-corrected chi connectivity index (χ2v) is 5.51. The molecule has 1 unspecified atom stereocenters. The molecule has 0 fully saturated rings. The summed E-state index contributed by atoms with van der Waals surface area (Å²) in [4.78, 5) is 0. The van der Waals surface area contributed by atoms with Gasteiger partial charge in [-0.2, -0.15) is 16.9 Å². The molecule has 0 aliphatic carbocycles. The molecule has 0 saturated heterocycles. The summed E-state index contributed by atoms with van der Waals surface area (Å²) >= 11 is 7.11. The lowest BCUT2D eigenvalue weighted by molar-refractivity contribution is 0.500. The van der Waals surface area contributed by atoms with Crippen LogP contribution in [0.3, 0.4) is 0 Å². The van der Waals surface area contributed by atoms with Gasteiger partial charge in [0.05, 0.1) is 0 Å². The maximum atomic E-state index is 5.23. The van der Waals surface area contributed by atoms with Gasteiger partial charge in [0, 0.05) is 12.5 Å². The van der Waals surface area contributed by atoms with Crippen LogP contribution in [0.2, 0.25) is 0 Å². The van der Waals surface area contributed by atoms with Gasteiger partial charge in [0.1, 0.15) is 5.82 Å². The van der Waals surface area contributed by atoms with Crippen LogP contribution in [0.15, 0.2) is 0 Å². The number of H-pyrrole nitrogens is 1. The van der Waals surface area contributed by atoms with Gasteiger partial charge in [0.15, 0.2) is 4.77 Å². The molecule has 5 heteroatoms. The Morgan fingerprint density at radius 2 is 2.13 bits per heavy atom. The summed E-state index contributed by atoms with van der Waals surface area (Å²) in [7, 11) is 0. The first kappa shape index (κ1) is 12.8. The Bertz CT molecular complexity index is 354. The van der Waals surface area contributed by atoms with E-state index >= 15 is 0 Å². The standard InChI is InChI=1S/C10H19N3S2/c1-7(2)9-11-12-10(14)13(9)5-8(3)6-15-4/h7-8H,5-6H2,1-4H3,(H,12,14). The highest BCUT2D eigenvalue weighted by Crippen LogP contribution is 2.15. The minimum absolute atomic E-state index is 0.416. The first-order valence-corrected chi connectivity index (χ1v) is 7.00. The minimum atomic E-state index is 0.416. The summed E-state index contributed by atoms with van der Waals surface area (Å²) in [5, 5.41) is 7.14. The highest BCUT2D eigenvalue weighted by molar-refractivity contribution is 7.98. The van der Waals surface area contributed by atoms with E-state index in [1.807, 2.05) is 11.8 Å². The van der Waals surface area contributed by atoms with E-state index in [0.29, 0.717) is 11.8 Å². The van der Waals surface area contributed by atoms with Crippen LogP contribution in [0, 0.1) is 10.7 Å². The molecule has 86 valence electrons. The molecule has 3 nitrogen and oxygen atoms in total. The van der Waals surface area contributed by atoms with Gasteiger partial charge in [0.25, 0.3) is 0 Å². The first-order chi connectivity index (χ1) is 7.06. The van der Waals surface area contributed by atoms with E-state index in [1.165, 1.54) is 0 Å². The van der Waals surface area contributed by atoms with E-state index in [-0.39, 0.29) is 0 Å². The highest BCUT2D eigenvalue weighted by atomic mass is 32.2. The van der Waals surface area contributed by atoms with Gasteiger partial charge in [-0.1, -0.05) is 20.8 Å². The van der Waals surface area contributed by atoms with Gasteiger partial charge in [-0.3, -0.25) is 5.10 Å². The van der Waals surface area contributed by atoms with Crippen molar-refractivity contribution < 1.29 is 0 Å². The Labute approximate surface area is 101 Å². The molecule has 1 aromatic rings. The largest absolute Gasteiger partial charge is 0.304 e. The number of thioether (sulfide) groups is 1. The van der Waals surface area contributed by atoms with Crippen molar-refractivity contribution in [2.45, 2.75) is 33.2 Å². The van der Waals surface area contributed by atoms with Gasteiger partial charge < -0.3 is 4.57 Å². The van der Waals surface area contributed by atoms with Crippen molar-refractivity contribution in [3.05, 3.63) is 10.6 Å². The molecule has 0 spiro atoms. The lowest BCUT2D eigenvalue weighted by atomic mass is 10.2. The fourth-order valence-corrected chi connectivity index (χ4v) is 2.48. The molecular formula is C10H19N3S2. The van der Waals surface area contributed by atoms with Crippen LogP contribution < -0.4 is 0 Å². The zero-order valence-corrected chi connectivity index (χ0v) is 11.4. The quantitative estimate of drug-likeness (QED) is 0.809. The number of nitrogens with zero attached hydrogens (tertiary/aromatic N) is 2. The number of rotatable bonds is 5. The average molecular weight is 245 g/mol. The molecule has 1 N–H and O–H groups in total. The third-order valence-corrected chi connectivity index (χ3v) is 3.46. The van der Waals surface area contributed by atoms with Crippen LogP contribution in [0.5, 0.6) is 0 Å². The fourth-order valence-electron chi connectivity index (χ4n) is 1.60. The average Bonchev–Trinajstić information content (AvgIpc) is 2.48. The van der Waals surface area contributed by atoms with Crippen molar-refractivity contribution in [2.24, 2.45) is 5.92 Å². The van der Waals surface area contributed by atoms with Crippen LogP contribution >= 0.6 is 24.0 Å². The SMILES string of the molecule is CSCC(C)Cn1c(C(C)C)n[nH]c1=S. The van der Waals surface area contributed by atoms with Crippen molar-refractivity contribution in [3.63, 3.8) is 0 Å². The van der Waals surface area contributed by atoms with E-state index in [4.69, 9.17) is 12.2 Å². The Balaban J connectivity index is 2.83. The summed E-state index contributed by atoms with van der Waals surface area (Å²) < 4.78 is 2.87. The van der Waals surface area contributed by atoms with Crippen LogP contribution in [0.1, 0.15) is 32.5 Å². The summed E-state index contributed by atoms with van der Waals surface area (Å²) in [5.41, 5.74) is 0. The second-order valence-electron chi connectivity index (χ2n) is 4.21. The number of hydrogen-bond acceptors (Lipinski definition) is 3. The summed E-state index contributed by atoms with van der Waals surface area (Å²) in [6.07, 6.45) is 2.13. The maximum absolute atomic E-state index is 5.23. The van der Waals surface area contributed by atoms with Crippen molar-refractivity contribution in [2.75, 3.05) is 12.0 Å². The molecule has 1 aromatic heterocycles. The molecule has 0 radical (unpaired) electrons. The maximum Gasteiger partial charge on any atom is 0.195 e. The lowest BCUT2D eigenvalue weighted by Crippen LogP contribution is -2.13. The van der Waals surface area contributed by atoms with Gasteiger partial charge in [-0.05, 0) is 30.1 Å². The number of aromatic amines is 1. The molecule has 1 heterocycles. The van der Waals surface area contributed by atoms with Gasteiger partial charge in [-0.25, -0.2) is 0 Å². The van der Waals surface area contributed by atoms with Gasteiger partial charge in [0.2, 0.25) is 0 Å². The van der Waals surface area contributed by atoms with Gasteiger partial charge >= 0.3 is 0 Å². The first-order valence-electron chi connectivity index (χ1n) is 5.20. The zero-order chi connectivity index (χ0) is 11.4. The van der Waals surface area contributed by atoms with Crippen molar-refractivity contribution >= 4 is 24.0 Å². The summed E-state index contributed by atoms with van der Waals surface area (Å²) in [6, 6.07) is 0. The molecule has 0 aliphatic rings. The third kappa shape index (κ3) is 3.34. The normalized spacial score (nSPS) is 13.4. The second kappa shape index (κ2) is 5.70.